The van der Waals surface area contributed by atoms with Crippen molar-refractivity contribution in [2.24, 2.45) is 5.92 Å². The first kappa shape index (κ1) is 11.2. The lowest BCUT2D eigenvalue weighted by molar-refractivity contribution is 0.326. The number of nitrogen functional groups attached to an aromatic ring is 1. The Morgan fingerprint density at radius 2 is 2.12 bits per heavy atom. The summed E-state index contributed by atoms with van der Waals surface area (Å²) in [4.78, 5) is 8.35. The fourth-order valence-corrected chi connectivity index (χ4v) is 2.39. The SMILES string of the molecule is CCC1CCCC(Nc2ncc(N)cn2)C1. The maximum Gasteiger partial charge on any atom is 0.222 e. The van der Waals surface area contributed by atoms with E-state index in [2.05, 4.69) is 22.2 Å². The number of hydrogen-bond donors (Lipinski definition) is 2. The molecule has 0 aromatic carbocycles. The van der Waals surface area contributed by atoms with E-state index in [0.717, 1.165) is 5.92 Å². The summed E-state index contributed by atoms with van der Waals surface area (Å²) in [6, 6.07) is 0.530. The normalized spacial score (nSPS) is 25.3. The molecule has 4 heteroatoms. The predicted octanol–water partition coefficient (Wildman–Crippen LogP) is 2.44. The molecule has 0 aliphatic heterocycles. The van der Waals surface area contributed by atoms with Crippen molar-refractivity contribution in [1.82, 2.24) is 9.97 Å². The molecule has 16 heavy (non-hydrogen) atoms. The Morgan fingerprint density at radius 1 is 1.38 bits per heavy atom. The van der Waals surface area contributed by atoms with Gasteiger partial charge in [0, 0.05) is 6.04 Å². The third kappa shape index (κ3) is 2.84. The third-order valence-electron chi connectivity index (χ3n) is 3.37. The van der Waals surface area contributed by atoms with Crippen molar-refractivity contribution in [1.29, 1.82) is 0 Å². The summed E-state index contributed by atoms with van der Waals surface area (Å²) in [5.74, 6) is 1.57. The zero-order valence-electron chi connectivity index (χ0n) is 9.82. The molecule has 0 bridgehead atoms. The monoisotopic (exact) mass is 220 g/mol. The minimum absolute atomic E-state index is 0.530. The van der Waals surface area contributed by atoms with Crippen LogP contribution in [0.3, 0.4) is 0 Å². The van der Waals surface area contributed by atoms with Gasteiger partial charge < -0.3 is 11.1 Å². The summed E-state index contributed by atoms with van der Waals surface area (Å²) < 4.78 is 0. The first-order valence-electron chi connectivity index (χ1n) is 6.12. The van der Waals surface area contributed by atoms with Gasteiger partial charge in [0.05, 0.1) is 18.1 Å². The number of nitrogens with zero attached hydrogens (tertiary/aromatic N) is 2. The lowest BCUT2D eigenvalue weighted by Gasteiger charge is -2.28. The molecule has 1 aromatic heterocycles. The number of aromatic nitrogens is 2. The van der Waals surface area contributed by atoms with Gasteiger partial charge in [0.2, 0.25) is 5.95 Å². The second-order valence-corrected chi connectivity index (χ2v) is 4.62. The molecule has 0 saturated heterocycles. The molecular formula is C12H20N4. The molecule has 1 heterocycles. The number of hydrogen-bond acceptors (Lipinski definition) is 4. The van der Waals surface area contributed by atoms with Gasteiger partial charge >= 0.3 is 0 Å². The van der Waals surface area contributed by atoms with Crippen LogP contribution in [0, 0.1) is 5.92 Å². The largest absolute Gasteiger partial charge is 0.396 e. The molecular weight excluding hydrogens is 200 g/mol. The van der Waals surface area contributed by atoms with Crippen LogP contribution >= 0.6 is 0 Å². The van der Waals surface area contributed by atoms with Crippen molar-refractivity contribution in [3.63, 3.8) is 0 Å². The molecule has 2 unspecified atom stereocenters. The van der Waals surface area contributed by atoms with Crippen LogP contribution in [0.1, 0.15) is 39.0 Å². The van der Waals surface area contributed by atoms with Crippen LogP contribution in [0.5, 0.6) is 0 Å². The highest BCUT2D eigenvalue weighted by atomic mass is 15.1. The van der Waals surface area contributed by atoms with Gasteiger partial charge in [-0.05, 0) is 18.8 Å². The molecule has 3 N–H and O–H groups in total. The van der Waals surface area contributed by atoms with E-state index in [9.17, 15) is 0 Å². The summed E-state index contributed by atoms with van der Waals surface area (Å²) in [7, 11) is 0. The molecule has 0 radical (unpaired) electrons. The number of nitrogens with two attached hydrogens (primary N) is 1. The Bertz CT molecular complexity index is 322. The van der Waals surface area contributed by atoms with E-state index in [4.69, 9.17) is 5.73 Å². The molecule has 1 aliphatic carbocycles. The van der Waals surface area contributed by atoms with Crippen LogP contribution in [0.2, 0.25) is 0 Å². The van der Waals surface area contributed by atoms with Gasteiger partial charge in [-0.3, -0.25) is 0 Å². The first-order valence-corrected chi connectivity index (χ1v) is 6.12. The molecule has 4 nitrogen and oxygen atoms in total. The highest BCUT2D eigenvalue weighted by molar-refractivity contribution is 5.36. The fraction of sp³-hybridized carbons (Fsp3) is 0.667. The number of anilines is 2. The predicted molar refractivity (Wildman–Crippen MR) is 66.1 cm³/mol. The van der Waals surface area contributed by atoms with Crippen molar-refractivity contribution in [3.05, 3.63) is 12.4 Å². The van der Waals surface area contributed by atoms with Gasteiger partial charge in [-0.1, -0.05) is 26.2 Å². The van der Waals surface area contributed by atoms with Gasteiger partial charge in [0.25, 0.3) is 0 Å². The van der Waals surface area contributed by atoms with Gasteiger partial charge in [0.15, 0.2) is 0 Å². The molecule has 2 atom stereocenters. The Balaban J connectivity index is 1.91. The molecule has 0 amide bonds. The van der Waals surface area contributed by atoms with E-state index >= 15 is 0 Å². The summed E-state index contributed by atoms with van der Waals surface area (Å²) in [5.41, 5.74) is 6.16. The lowest BCUT2D eigenvalue weighted by atomic mass is 9.84. The second-order valence-electron chi connectivity index (χ2n) is 4.62. The van der Waals surface area contributed by atoms with Crippen LogP contribution in [0.25, 0.3) is 0 Å². The summed E-state index contributed by atoms with van der Waals surface area (Å²) in [5, 5.41) is 3.39. The second kappa shape index (κ2) is 5.14. The van der Waals surface area contributed by atoms with Crippen molar-refractivity contribution in [2.45, 2.75) is 45.1 Å². The minimum Gasteiger partial charge on any atom is -0.396 e. The van der Waals surface area contributed by atoms with Crippen LogP contribution in [0.15, 0.2) is 12.4 Å². The third-order valence-corrected chi connectivity index (χ3v) is 3.37. The molecule has 0 spiro atoms. The maximum absolute atomic E-state index is 5.55. The van der Waals surface area contributed by atoms with Crippen molar-refractivity contribution in [2.75, 3.05) is 11.1 Å². The fourth-order valence-electron chi connectivity index (χ4n) is 2.39. The van der Waals surface area contributed by atoms with E-state index in [1.165, 1.54) is 32.1 Å². The first-order chi connectivity index (χ1) is 7.78. The summed E-state index contributed by atoms with van der Waals surface area (Å²) in [6.45, 7) is 2.27. The van der Waals surface area contributed by atoms with Crippen LogP contribution in [0.4, 0.5) is 11.6 Å². The Kier molecular flexibility index (Phi) is 3.59. The van der Waals surface area contributed by atoms with Gasteiger partial charge in [0.1, 0.15) is 0 Å². The molecule has 1 aliphatic rings. The zero-order valence-corrected chi connectivity index (χ0v) is 9.82. The van der Waals surface area contributed by atoms with Crippen LogP contribution in [-0.2, 0) is 0 Å². The van der Waals surface area contributed by atoms with Gasteiger partial charge in [-0.2, -0.15) is 0 Å². The van der Waals surface area contributed by atoms with E-state index in [1.54, 1.807) is 12.4 Å². The molecule has 2 rings (SSSR count). The maximum atomic E-state index is 5.55. The summed E-state index contributed by atoms with van der Waals surface area (Å²) >= 11 is 0. The highest BCUT2D eigenvalue weighted by Gasteiger charge is 2.20. The van der Waals surface area contributed by atoms with Gasteiger partial charge in [-0.15, -0.1) is 0 Å². The summed E-state index contributed by atoms with van der Waals surface area (Å²) in [6.07, 6.45) is 9.72. The van der Waals surface area contributed by atoms with Crippen molar-refractivity contribution in [3.8, 4) is 0 Å². The van der Waals surface area contributed by atoms with E-state index in [-0.39, 0.29) is 0 Å². The smallest absolute Gasteiger partial charge is 0.222 e. The number of nitrogens with one attached hydrogen (secondary N) is 1. The van der Waals surface area contributed by atoms with Crippen molar-refractivity contribution >= 4 is 11.6 Å². The topological polar surface area (TPSA) is 63.8 Å². The van der Waals surface area contributed by atoms with E-state index in [1.807, 2.05) is 0 Å². The van der Waals surface area contributed by atoms with E-state index in [0.29, 0.717) is 17.7 Å². The van der Waals surface area contributed by atoms with Crippen LogP contribution in [-0.4, -0.2) is 16.0 Å². The minimum atomic E-state index is 0.530. The number of rotatable bonds is 3. The Labute approximate surface area is 96.7 Å². The average molecular weight is 220 g/mol. The lowest BCUT2D eigenvalue weighted by Crippen LogP contribution is -2.27. The molecule has 1 saturated carbocycles. The average Bonchev–Trinajstić information content (AvgIpc) is 2.32. The molecule has 1 fully saturated rings. The molecule has 1 aromatic rings. The van der Waals surface area contributed by atoms with Crippen molar-refractivity contribution < 1.29 is 0 Å². The highest BCUT2D eigenvalue weighted by Crippen LogP contribution is 2.27. The van der Waals surface area contributed by atoms with Crippen LogP contribution < -0.4 is 11.1 Å². The zero-order chi connectivity index (χ0) is 11.4. The Morgan fingerprint density at radius 3 is 2.81 bits per heavy atom. The quantitative estimate of drug-likeness (QED) is 0.821. The van der Waals surface area contributed by atoms with Gasteiger partial charge in [-0.25, -0.2) is 9.97 Å². The van der Waals surface area contributed by atoms with E-state index < -0.39 is 0 Å². The molecule has 88 valence electrons. The Hall–Kier alpha value is -1.32. The standard InChI is InChI=1S/C12H20N4/c1-2-9-4-3-5-11(6-9)16-12-14-7-10(13)8-15-12/h7-9,11H,2-6,13H2,1H3,(H,14,15,16).